The van der Waals surface area contributed by atoms with Gasteiger partial charge in [-0.2, -0.15) is 0 Å². The van der Waals surface area contributed by atoms with Crippen molar-refractivity contribution in [2.75, 3.05) is 5.75 Å². The molecule has 0 aliphatic rings. The van der Waals surface area contributed by atoms with Crippen LogP contribution in [0.4, 0.5) is 0 Å². The zero-order valence-corrected chi connectivity index (χ0v) is 12.7. The third-order valence-electron chi connectivity index (χ3n) is 3.26. The number of rotatable bonds is 8. The predicted molar refractivity (Wildman–Crippen MR) is 82.0 cm³/mol. The molecule has 0 saturated carbocycles. The Morgan fingerprint density at radius 1 is 1.33 bits per heavy atom. The van der Waals surface area contributed by atoms with E-state index in [4.69, 9.17) is 17.4 Å². The molecule has 18 heavy (non-hydrogen) atoms. The number of nitrogens with one attached hydrogen (secondary N) is 1. The number of hydrazine groups is 1. The largest absolute Gasteiger partial charge is 0.271 e. The van der Waals surface area contributed by atoms with Crippen molar-refractivity contribution in [2.24, 2.45) is 11.8 Å². The maximum Gasteiger partial charge on any atom is 0.0417 e. The summed E-state index contributed by atoms with van der Waals surface area (Å²) in [5.74, 6) is 7.37. The van der Waals surface area contributed by atoms with Gasteiger partial charge in [-0.15, -0.1) is 11.8 Å². The number of halogens is 1. The van der Waals surface area contributed by atoms with Gasteiger partial charge in [0.2, 0.25) is 0 Å². The fourth-order valence-corrected chi connectivity index (χ4v) is 3.23. The molecule has 0 radical (unpaired) electrons. The van der Waals surface area contributed by atoms with E-state index in [0.717, 1.165) is 23.1 Å². The molecular formula is C14H23ClN2S. The van der Waals surface area contributed by atoms with E-state index < -0.39 is 0 Å². The molecule has 1 unspecified atom stereocenters. The Labute approximate surface area is 120 Å². The monoisotopic (exact) mass is 286 g/mol. The quantitative estimate of drug-likeness (QED) is 0.429. The summed E-state index contributed by atoms with van der Waals surface area (Å²) in [4.78, 5) is 1.20. The van der Waals surface area contributed by atoms with Crippen LogP contribution in [0.1, 0.15) is 33.1 Å². The molecule has 0 spiro atoms. The Bertz CT molecular complexity index is 342. The van der Waals surface area contributed by atoms with Crippen LogP contribution < -0.4 is 11.3 Å². The third kappa shape index (κ3) is 5.61. The summed E-state index contributed by atoms with van der Waals surface area (Å²) in [6.07, 6.45) is 3.57. The fourth-order valence-electron chi connectivity index (χ4n) is 1.96. The Morgan fingerprint density at radius 3 is 2.61 bits per heavy atom. The molecule has 1 atom stereocenters. The summed E-state index contributed by atoms with van der Waals surface area (Å²) in [6, 6.07) is 8.32. The van der Waals surface area contributed by atoms with Crippen LogP contribution in [0.5, 0.6) is 0 Å². The Kier molecular flexibility index (Phi) is 7.75. The van der Waals surface area contributed by atoms with Gasteiger partial charge >= 0.3 is 0 Å². The van der Waals surface area contributed by atoms with E-state index in [0.29, 0.717) is 6.04 Å². The lowest BCUT2D eigenvalue weighted by atomic mass is 9.96. The average molecular weight is 287 g/mol. The minimum absolute atomic E-state index is 0.360. The smallest absolute Gasteiger partial charge is 0.0417 e. The van der Waals surface area contributed by atoms with E-state index in [1.807, 2.05) is 18.2 Å². The summed E-state index contributed by atoms with van der Waals surface area (Å²) in [7, 11) is 0. The lowest BCUT2D eigenvalue weighted by Gasteiger charge is -2.20. The van der Waals surface area contributed by atoms with Crippen LogP contribution in [0.3, 0.4) is 0 Å². The molecule has 0 saturated heterocycles. The van der Waals surface area contributed by atoms with Crippen molar-refractivity contribution in [1.82, 2.24) is 5.43 Å². The second-order valence-corrected chi connectivity index (χ2v) is 6.08. The van der Waals surface area contributed by atoms with Crippen molar-refractivity contribution in [2.45, 2.75) is 44.0 Å². The lowest BCUT2D eigenvalue weighted by Crippen LogP contribution is -2.38. The highest BCUT2D eigenvalue weighted by molar-refractivity contribution is 7.99. The van der Waals surface area contributed by atoms with Gasteiger partial charge in [-0.25, -0.2) is 0 Å². The number of thioether (sulfide) groups is 1. The Hall–Kier alpha value is -0.220. The van der Waals surface area contributed by atoms with Gasteiger partial charge in [0.15, 0.2) is 0 Å². The van der Waals surface area contributed by atoms with Crippen LogP contribution in [0.25, 0.3) is 0 Å². The summed E-state index contributed by atoms with van der Waals surface area (Å²) in [5.41, 5.74) is 2.93. The number of hydrogen-bond acceptors (Lipinski definition) is 3. The van der Waals surface area contributed by atoms with Gasteiger partial charge in [-0.3, -0.25) is 11.3 Å². The van der Waals surface area contributed by atoms with Gasteiger partial charge in [0.05, 0.1) is 0 Å². The molecule has 3 N–H and O–H groups in total. The number of hydrogen-bond donors (Lipinski definition) is 2. The maximum absolute atomic E-state index is 5.97. The summed E-state index contributed by atoms with van der Waals surface area (Å²) < 4.78 is 0. The van der Waals surface area contributed by atoms with Crippen molar-refractivity contribution in [3.63, 3.8) is 0 Å². The van der Waals surface area contributed by atoms with Gasteiger partial charge in [-0.1, -0.05) is 44.4 Å². The topological polar surface area (TPSA) is 38.0 Å². The average Bonchev–Trinajstić information content (AvgIpc) is 2.39. The number of nitrogens with two attached hydrogens (primary N) is 1. The first kappa shape index (κ1) is 15.8. The first-order valence-electron chi connectivity index (χ1n) is 6.54. The molecule has 4 heteroatoms. The fraction of sp³-hybridized carbons (Fsp3) is 0.571. The van der Waals surface area contributed by atoms with Crippen LogP contribution in [0.2, 0.25) is 5.02 Å². The first-order valence-corrected chi connectivity index (χ1v) is 7.90. The zero-order valence-electron chi connectivity index (χ0n) is 11.2. The highest BCUT2D eigenvalue weighted by atomic mass is 35.5. The van der Waals surface area contributed by atoms with Gasteiger partial charge in [0.25, 0.3) is 0 Å². The van der Waals surface area contributed by atoms with Crippen LogP contribution >= 0.6 is 23.4 Å². The third-order valence-corrected chi connectivity index (χ3v) is 4.65. The maximum atomic E-state index is 5.97. The van der Waals surface area contributed by atoms with Crippen LogP contribution in [0.15, 0.2) is 29.2 Å². The second kappa shape index (κ2) is 8.81. The molecule has 102 valence electrons. The minimum atomic E-state index is 0.360. The predicted octanol–water partition coefficient (Wildman–Crippen LogP) is 4.09. The molecule has 0 fully saturated rings. The second-order valence-electron chi connectivity index (χ2n) is 4.55. The van der Waals surface area contributed by atoms with Crippen LogP contribution in [0, 0.1) is 5.92 Å². The van der Waals surface area contributed by atoms with Crippen molar-refractivity contribution in [3.05, 3.63) is 29.3 Å². The Balaban J connectivity index is 2.44. The standard InChI is InChI=1S/C14H23ClN2S/c1-3-11(4-2)8-13(17-16)10-18-14-7-5-6-12(15)9-14/h5-7,9,11,13,17H,3-4,8,10,16H2,1-2H3. The van der Waals surface area contributed by atoms with Crippen molar-refractivity contribution in [1.29, 1.82) is 0 Å². The van der Waals surface area contributed by atoms with E-state index in [1.165, 1.54) is 17.7 Å². The molecule has 1 aromatic rings. The SMILES string of the molecule is CCC(CC)CC(CSc1cccc(Cl)c1)NN. The van der Waals surface area contributed by atoms with E-state index in [-0.39, 0.29) is 0 Å². The summed E-state index contributed by atoms with van der Waals surface area (Å²) in [5, 5.41) is 0.789. The molecule has 1 rings (SSSR count). The normalized spacial score (nSPS) is 12.9. The van der Waals surface area contributed by atoms with E-state index >= 15 is 0 Å². The molecule has 0 aliphatic carbocycles. The van der Waals surface area contributed by atoms with Crippen molar-refractivity contribution < 1.29 is 0 Å². The molecule has 0 amide bonds. The first-order chi connectivity index (χ1) is 8.69. The van der Waals surface area contributed by atoms with Crippen molar-refractivity contribution >= 4 is 23.4 Å². The molecule has 0 aliphatic heterocycles. The minimum Gasteiger partial charge on any atom is -0.271 e. The Morgan fingerprint density at radius 2 is 2.06 bits per heavy atom. The van der Waals surface area contributed by atoms with Gasteiger partial charge < -0.3 is 0 Å². The van der Waals surface area contributed by atoms with Gasteiger partial charge in [0.1, 0.15) is 0 Å². The highest BCUT2D eigenvalue weighted by Gasteiger charge is 2.13. The molecule has 1 aromatic carbocycles. The van der Waals surface area contributed by atoms with E-state index in [9.17, 15) is 0 Å². The highest BCUT2D eigenvalue weighted by Crippen LogP contribution is 2.24. The molecule has 0 heterocycles. The van der Waals surface area contributed by atoms with Crippen LogP contribution in [-0.4, -0.2) is 11.8 Å². The zero-order chi connectivity index (χ0) is 13.4. The van der Waals surface area contributed by atoms with Crippen LogP contribution in [-0.2, 0) is 0 Å². The molecule has 2 nitrogen and oxygen atoms in total. The summed E-state index contributed by atoms with van der Waals surface area (Å²) >= 11 is 7.77. The van der Waals surface area contributed by atoms with Gasteiger partial charge in [-0.05, 0) is 30.5 Å². The number of benzene rings is 1. The van der Waals surface area contributed by atoms with E-state index in [1.54, 1.807) is 11.8 Å². The van der Waals surface area contributed by atoms with E-state index in [2.05, 4.69) is 25.3 Å². The van der Waals surface area contributed by atoms with Gasteiger partial charge in [0, 0.05) is 21.7 Å². The molecule has 0 aromatic heterocycles. The molecule has 0 bridgehead atoms. The van der Waals surface area contributed by atoms with Crippen molar-refractivity contribution in [3.8, 4) is 0 Å². The summed E-state index contributed by atoms with van der Waals surface area (Å²) in [6.45, 7) is 4.48. The lowest BCUT2D eigenvalue weighted by molar-refractivity contribution is 0.387. The molecular weight excluding hydrogens is 264 g/mol.